The number of ketones is 1. The Morgan fingerprint density at radius 3 is 2.50 bits per heavy atom. The zero-order chi connectivity index (χ0) is 31.0. The topological polar surface area (TPSA) is 169 Å². The lowest BCUT2D eigenvalue weighted by Crippen LogP contribution is -2.38. The van der Waals surface area contributed by atoms with Crippen LogP contribution in [0.3, 0.4) is 0 Å². The number of aliphatic hydroxyl groups excluding tert-OH is 1. The minimum atomic E-state index is -0.292. The molecule has 224 valence electrons. The van der Waals surface area contributed by atoms with Crippen LogP contribution in [0.5, 0.6) is 11.5 Å². The maximum atomic E-state index is 13.0. The molecule has 4 N–H and O–H groups in total. The average molecular weight is 594 g/mol. The monoisotopic (exact) mass is 593 g/mol. The van der Waals surface area contributed by atoms with Crippen molar-refractivity contribution in [1.29, 1.82) is 0 Å². The Labute approximate surface area is 252 Å². The Kier molecular flexibility index (Phi) is 7.66. The van der Waals surface area contributed by atoms with Crippen molar-refractivity contribution in [1.82, 2.24) is 29.5 Å². The number of fused-ring (bicyclic) bond motifs is 1. The number of likely N-dealkylation sites (tertiary alicyclic amines) is 1. The van der Waals surface area contributed by atoms with Gasteiger partial charge in [-0.2, -0.15) is 9.61 Å². The maximum absolute atomic E-state index is 13.0. The lowest BCUT2D eigenvalue weighted by atomic mass is 9.89. The first kappa shape index (κ1) is 28.7. The number of rotatable bonds is 7. The van der Waals surface area contributed by atoms with Crippen LogP contribution in [0.4, 0.5) is 5.82 Å². The molecule has 1 aliphatic rings. The largest absolute Gasteiger partial charge is 0.507 e. The molecule has 1 fully saturated rings. The van der Waals surface area contributed by atoms with Gasteiger partial charge in [0.25, 0.3) is 5.91 Å². The third-order valence-corrected chi connectivity index (χ3v) is 8.08. The number of aromatic hydroxyl groups is 1. The molecule has 0 spiro atoms. The number of Topliss-reactive ketones (excluding diaryl/α,β-unsaturated/α-hetero) is 1. The van der Waals surface area contributed by atoms with E-state index in [9.17, 15) is 19.8 Å². The molecule has 1 amide bonds. The van der Waals surface area contributed by atoms with Gasteiger partial charge in [0.15, 0.2) is 11.4 Å². The van der Waals surface area contributed by atoms with E-state index < -0.39 is 0 Å². The molecule has 0 atom stereocenters. The summed E-state index contributed by atoms with van der Waals surface area (Å²) in [6.45, 7) is 2.14. The second-order valence-corrected chi connectivity index (χ2v) is 10.7. The van der Waals surface area contributed by atoms with Gasteiger partial charge in [-0.3, -0.25) is 19.6 Å². The summed E-state index contributed by atoms with van der Waals surface area (Å²) in [5.74, 6) is 0.0819. The van der Waals surface area contributed by atoms with Gasteiger partial charge in [0.2, 0.25) is 0 Å². The van der Waals surface area contributed by atoms with Crippen LogP contribution >= 0.6 is 0 Å². The fourth-order valence-corrected chi connectivity index (χ4v) is 5.76. The number of anilines is 1. The van der Waals surface area contributed by atoms with Crippen molar-refractivity contribution in [2.24, 2.45) is 0 Å². The van der Waals surface area contributed by atoms with Crippen LogP contribution in [0.15, 0.2) is 61.2 Å². The quantitative estimate of drug-likeness (QED) is 0.236. The number of carbonyl (C=O) groups excluding carboxylic acids is 2. The van der Waals surface area contributed by atoms with Crippen molar-refractivity contribution in [3.63, 3.8) is 0 Å². The number of ether oxygens (including phenoxy) is 1. The van der Waals surface area contributed by atoms with Gasteiger partial charge < -0.3 is 25.6 Å². The van der Waals surface area contributed by atoms with Gasteiger partial charge in [-0.25, -0.2) is 4.98 Å². The molecule has 5 aromatic rings. The van der Waals surface area contributed by atoms with Crippen LogP contribution in [0.2, 0.25) is 0 Å². The summed E-state index contributed by atoms with van der Waals surface area (Å²) in [4.78, 5) is 41.1. The van der Waals surface area contributed by atoms with E-state index in [1.54, 1.807) is 30.5 Å². The molecular weight excluding hydrogens is 562 g/mol. The van der Waals surface area contributed by atoms with Crippen LogP contribution in [0.1, 0.15) is 57.7 Å². The van der Waals surface area contributed by atoms with E-state index in [2.05, 4.69) is 15.1 Å². The number of pyridine rings is 2. The van der Waals surface area contributed by atoms with E-state index in [-0.39, 0.29) is 41.3 Å². The molecular formula is C32H31N7O5. The highest BCUT2D eigenvalue weighted by Gasteiger charge is 2.31. The summed E-state index contributed by atoms with van der Waals surface area (Å²) in [6.07, 6.45) is 7.29. The van der Waals surface area contributed by atoms with Crippen LogP contribution in [0.25, 0.3) is 28.0 Å². The Morgan fingerprint density at radius 1 is 1.07 bits per heavy atom. The SMILES string of the molecule is COc1ccc(-c2ccc(-c3cnn4c(N)c(C(C)=O)c(C5CCN(C(=O)c6cnccc6O)CC5)nc34)cn2)cc1CO. The van der Waals surface area contributed by atoms with Crippen molar-refractivity contribution in [2.45, 2.75) is 32.3 Å². The van der Waals surface area contributed by atoms with E-state index in [1.165, 1.54) is 29.9 Å². The molecule has 0 radical (unpaired) electrons. The summed E-state index contributed by atoms with van der Waals surface area (Å²) in [7, 11) is 1.56. The molecule has 1 aliphatic heterocycles. The predicted molar refractivity (Wildman–Crippen MR) is 162 cm³/mol. The fraction of sp³-hybridized carbons (Fsp3) is 0.250. The predicted octanol–water partition coefficient (Wildman–Crippen LogP) is 3.86. The Bertz CT molecular complexity index is 1880. The van der Waals surface area contributed by atoms with Gasteiger partial charge in [-0.05, 0) is 50.1 Å². The number of aliphatic hydroxyl groups is 1. The Balaban J connectivity index is 1.31. The van der Waals surface area contributed by atoms with E-state index >= 15 is 0 Å². The number of piperidine rings is 1. The first-order valence-electron chi connectivity index (χ1n) is 14.2. The smallest absolute Gasteiger partial charge is 0.259 e. The summed E-state index contributed by atoms with van der Waals surface area (Å²) in [5.41, 5.74) is 11.8. The molecule has 12 heteroatoms. The van der Waals surface area contributed by atoms with Crippen molar-refractivity contribution < 1.29 is 24.5 Å². The third kappa shape index (κ3) is 5.09. The number of carbonyl (C=O) groups is 2. The first-order chi connectivity index (χ1) is 21.3. The summed E-state index contributed by atoms with van der Waals surface area (Å²) in [5, 5.41) is 24.3. The molecule has 0 bridgehead atoms. The van der Waals surface area contributed by atoms with Crippen LogP contribution in [-0.4, -0.2) is 71.6 Å². The van der Waals surface area contributed by atoms with Crippen molar-refractivity contribution in [2.75, 3.05) is 25.9 Å². The molecule has 4 aromatic heterocycles. The zero-order valence-corrected chi connectivity index (χ0v) is 24.3. The highest BCUT2D eigenvalue weighted by Crippen LogP contribution is 2.35. The minimum Gasteiger partial charge on any atom is -0.507 e. The summed E-state index contributed by atoms with van der Waals surface area (Å²) in [6, 6.07) is 10.7. The molecule has 5 heterocycles. The van der Waals surface area contributed by atoms with Crippen LogP contribution < -0.4 is 10.5 Å². The average Bonchev–Trinajstić information content (AvgIpc) is 3.48. The molecule has 44 heavy (non-hydrogen) atoms. The van der Waals surface area contributed by atoms with Gasteiger partial charge >= 0.3 is 0 Å². The van der Waals surface area contributed by atoms with Gasteiger partial charge in [-0.15, -0.1) is 0 Å². The van der Waals surface area contributed by atoms with Gasteiger partial charge in [-0.1, -0.05) is 6.07 Å². The Morgan fingerprint density at radius 2 is 1.84 bits per heavy atom. The molecule has 1 aromatic carbocycles. The second-order valence-electron chi connectivity index (χ2n) is 10.7. The molecule has 0 aliphatic carbocycles. The number of aromatic nitrogens is 5. The number of nitrogens with zero attached hydrogens (tertiary/aromatic N) is 6. The number of nitrogen functional groups attached to an aromatic ring is 1. The normalized spacial score (nSPS) is 13.8. The number of hydrogen-bond donors (Lipinski definition) is 3. The number of benzene rings is 1. The van der Waals surface area contributed by atoms with Crippen LogP contribution in [-0.2, 0) is 6.61 Å². The van der Waals surface area contributed by atoms with Crippen LogP contribution in [0, 0.1) is 0 Å². The summed E-state index contributed by atoms with van der Waals surface area (Å²) < 4.78 is 6.78. The molecule has 0 saturated carbocycles. The minimum absolute atomic E-state index is 0.111. The highest BCUT2D eigenvalue weighted by atomic mass is 16.5. The molecule has 0 unspecified atom stereocenters. The third-order valence-electron chi connectivity index (χ3n) is 8.08. The Hall–Kier alpha value is -5.36. The standard InChI is InChI=1S/C32H31N7O5/c1-18(41)28-29(19-8-11-38(12-9-19)32(43)24-15-34-10-7-26(24)42)37-31-23(16-36-39(31)30(28)33)21-3-5-25(35-14-21)20-4-6-27(44-2)22(13-20)17-40/h3-7,10,13-16,19,40H,8-9,11-12,17,33H2,1-2H3,(H,34,42). The lowest BCUT2D eigenvalue weighted by molar-refractivity contribution is 0.0707. The van der Waals surface area contributed by atoms with Crippen molar-refractivity contribution in [3.8, 4) is 33.9 Å². The lowest BCUT2D eigenvalue weighted by Gasteiger charge is -2.32. The fourth-order valence-electron chi connectivity index (χ4n) is 5.76. The number of amides is 1. The van der Waals surface area contributed by atoms with Gasteiger partial charge in [0.05, 0.1) is 42.4 Å². The van der Waals surface area contributed by atoms with E-state index in [1.807, 2.05) is 24.3 Å². The molecule has 1 saturated heterocycles. The van der Waals surface area contributed by atoms with Crippen molar-refractivity contribution >= 4 is 23.2 Å². The van der Waals surface area contributed by atoms with Crippen molar-refractivity contribution in [3.05, 3.63) is 83.6 Å². The maximum Gasteiger partial charge on any atom is 0.259 e. The van der Waals surface area contributed by atoms with Gasteiger partial charge in [0.1, 0.15) is 17.3 Å². The first-order valence-corrected chi connectivity index (χ1v) is 14.2. The summed E-state index contributed by atoms with van der Waals surface area (Å²) >= 11 is 0. The van der Waals surface area contributed by atoms with E-state index in [0.29, 0.717) is 59.7 Å². The van der Waals surface area contributed by atoms with E-state index in [4.69, 9.17) is 15.5 Å². The molecule has 12 nitrogen and oxygen atoms in total. The number of methoxy groups -OCH3 is 1. The van der Waals surface area contributed by atoms with E-state index in [0.717, 1.165) is 16.8 Å². The number of hydrogen-bond acceptors (Lipinski definition) is 10. The second kappa shape index (κ2) is 11.7. The zero-order valence-electron chi connectivity index (χ0n) is 24.3. The van der Waals surface area contributed by atoms with Gasteiger partial charge in [0, 0.05) is 59.9 Å². The molecule has 6 rings (SSSR count). The highest BCUT2D eigenvalue weighted by molar-refractivity contribution is 6.00. The number of nitrogens with two attached hydrogens (primary N) is 1.